The molecule has 1 unspecified atom stereocenters. The van der Waals surface area contributed by atoms with Crippen LogP contribution in [0, 0.1) is 6.92 Å². The molecule has 28 heavy (non-hydrogen) atoms. The van der Waals surface area contributed by atoms with Gasteiger partial charge in [0.25, 0.3) is 5.91 Å². The predicted octanol–water partition coefficient (Wildman–Crippen LogP) is 2.07. The summed E-state index contributed by atoms with van der Waals surface area (Å²) in [5.41, 5.74) is -0.585. The van der Waals surface area contributed by atoms with Gasteiger partial charge in [-0.1, -0.05) is 18.2 Å². The molecule has 1 N–H and O–H groups in total. The van der Waals surface area contributed by atoms with Crippen LogP contribution in [0.25, 0.3) is 0 Å². The van der Waals surface area contributed by atoms with Gasteiger partial charge in [0, 0.05) is 36.6 Å². The third kappa shape index (κ3) is 3.39. The number of amides is 1. The van der Waals surface area contributed by atoms with Gasteiger partial charge < -0.3 is 10.0 Å². The van der Waals surface area contributed by atoms with Crippen LogP contribution in [-0.4, -0.2) is 66.5 Å². The molecule has 1 amide bonds. The van der Waals surface area contributed by atoms with Crippen LogP contribution >= 0.6 is 11.3 Å². The fourth-order valence-electron chi connectivity index (χ4n) is 3.91. The molecule has 148 valence electrons. The number of benzene rings is 1. The van der Waals surface area contributed by atoms with Gasteiger partial charge in [-0.15, -0.1) is 11.3 Å². The van der Waals surface area contributed by atoms with Crippen molar-refractivity contribution in [1.82, 2.24) is 9.80 Å². The first-order valence-electron chi connectivity index (χ1n) is 9.53. The van der Waals surface area contributed by atoms with Crippen LogP contribution in [0.3, 0.4) is 0 Å². The summed E-state index contributed by atoms with van der Waals surface area (Å²) in [4.78, 5) is 33.8. The second-order valence-electron chi connectivity index (χ2n) is 7.68. The highest BCUT2D eigenvalue weighted by atomic mass is 32.1. The number of carbonyl (C=O) groups is 2. The highest BCUT2D eigenvalue weighted by Gasteiger charge is 2.51. The number of aliphatic hydroxyl groups is 1. The molecule has 1 fully saturated rings. The first kappa shape index (κ1) is 19.3. The van der Waals surface area contributed by atoms with E-state index in [1.807, 2.05) is 25.1 Å². The molecule has 0 saturated carbocycles. The lowest BCUT2D eigenvalue weighted by molar-refractivity contribution is -0.136. The minimum atomic E-state index is -1.81. The third-order valence-corrected chi connectivity index (χ3v) is 6.65. The summed E-state index contributed by atoms with van der Waals surface area (Å²) in [5.74, 6) is -0.612. The lowest BCUT2D eigenvalue weighted by Gasteiger charge is -2.35. The van der Waals surface area contributed by atoms with Crippen molar-refractivity contribution in [3.63, 3.8) is 0 Å². The zero-order chi connectivity index (χ0) is 19.9. The Morgan fingerprint density at radius 3 is 2.54 bits per heavy atom. The SMILES string of the molecule is Cc1ccc(C(=O)CC2(O)C(=O)N(CN3CCN(C)CC3)c3ccccc32)s1. The van der Waals surface area contributed by atoms with Gasteiger partial charge in [-0.05, 0) is 32.2 Å². The molecule has 0 bridgehead atoms. The quantitative estimate of drug-likeness (QED) is 0.780. The maximum atomic E-state index is 13.3. The zero-order valence-electron chi connectivity index (χ0n) is 16.2. The molecule has 0 radical (unpaired) electrons. The Morgan fingerprint density at radius 2 is 1.86 bits per heavy atom. The van der Waals surface area contributed by atoms with Crippen molar-refractivity contribution < 1.29 is 14.7 Å². The molecule has 7 heteroatoms. The number of thiophene rings is 1. The summed E-state index contributed by atoms with van der Waals surface area (Å²) in [6.07, 6.45) is -0.234. The summed E-state index contributed by atoms with van der Waals surface area (Å²) in [6, 6.07) is 10.9. The lowest BCUT2D eigenvalue weighted by Crippen LogP contribution is -2.51. The molecule has 0 spiro atoms. The molecule has 2 aliphatic heterocycles. The summed E-state index contributed by atoms with van der Waals surface area (Å²) in [6.45, 7) is 6.00. The monoisotopic (exact) mass is 399 g/mol. The van der Waals surface area contributed by atoms with Gasteiger partial charge in [0.05, 0.1) is 23.7 Å². The molecule has 1 aromatic carbocycles. The van der Waals surface area contributed by atoms with E-state index in [9.17, 15) is 14.7 Å². The molecule has 1 aromatic heterocycles. The number of hydrogen-bond acceptors (Lipinski definition) is 6. The molecule has 1 atom stereocenters. The number of rotatable bonds is 5. The van der Waals surface area contributed by atoms with Crippen molar-refractivity contribution in [2.45, 2.75) is 18.9 Å². The van der Waals surface area contributed by atoms with Gasteiger partial charge in [0.15, 0.2) is 11.4 Å². The van der Waals surface area contributed by atoms with Gasteiger partial charge in [-0.25, -0.2) is 0 Å². The lowest BCUT2D eigenvalue weighted by atomic mass is 9.89. The standard InChI is InChI=1S/C21H25N3O3S/c1-15-7-8-19(28-15)18(25)13-21(27)16-5-3-4-6-17(16)24(20(21)26)14-23-11-9-22(2)10-12-23/h3-8,27H,9-14H2,1-2H3. The molecule has 2 aliphatic rings. The number of aryl methyl sites for hydroxylation is 1. The van der Waals surface area contributed by atoms with E-state index in [0.717, 1.165) is 31.1 Å². The Labute approximate surface area is 169 Å². The highest BCUT2D eigenvalue weighted by Crippen LogP contribution is 2.43. The fraction of sp³-hybridized carbons (Fsp3) is 0.429. The van der Waals surface area contributed by atoms with E-state index in [1.54, 1.807) is 23.1 Å². The van der Waals surface area contributed by atoms with E-state index < -0.39 is 11.5 Å². The van der Waals surface area contributed by atoms with Crippen molar-refractivity contribution in [2.24, 2.45) is 0 Å². The van der Waals surface area contributed by atoms with Crippen LogP contribution in [0.4, 0.5) is 5.69 Å². The normalized spacial score (nSPS) is 23.2. The van der Waals surface area contributed by atoms with Crippen LogP contribution in [0.2, 0.25) is 0 Å². The van der Waals surface area contributed by atoms with Crippen LogP contribution in [-0.2, 0) is 10.4 Å². The molecule has 4 rings (SSSR count). The number of anilines is 1. The van der Waals surface area contributed by atoms with Gasteiger partial charge >= 0.3 is 0 Å². The Hall–Kier alpha value is -2.06. The number of hydrogen-bond donors (Lipinski definition) is 1. The number of para-hydroxylation sites is 1. The van der Waals surface area contributed by atoms with Gasteiger partial charge in [-0.2, -0.15) is 0 Å². The van der Waals surface area contributed by atoms with E-state index in [1.165, 1.54) is 11.3 Å². The van der Waals surface area contributed by atoms with Crippen molar-refractivity contribution >= 4 is 28.7 Å². The third-order valence-electron chi connectivity index (χ3n) is 5.61. The van der Waals surface area contributed by atoms with Crippen molar-refractivity contribution in [2.75, 3.05) is 44.8 Å². The topological polar surface area (TPSA) is 64.1 Å². The minimum Gasteiger partial charge on any atom is -0.375 e. The smallest absolute Gasteiger partial charge is 0.265 e. The van der Waals surface area contributed by atoms with Crippen LogP contribution in [0.15, 0.2) is 36.4 Å². The van der Waals surface area contributed by atoms with Crippen LogP contribution in [0.5, 0.6) is 0 Å². The molecular weight excluding hydrogens is 374 g/mol. The summed E-state index contributed by atoms with van der Waals surface area (Å²) in [5, 5.41) is 11.4. The Morgan fingerprint density at radius 1 is 1.14 bits per heavy atom. The van der Waals surface area contributed by atoms with E-state index in [4.69, 9.17) is 0 Å². The van der Waals surface area contributed by atoms with Crippen molar-refractivity contribution in [3.8, 4) is 0 Å². The molecular formula is C21H25N3O3S. The van der Waals surface area contributed by atoms with Crippen molar-refractivity contribution in [1.29, 1.82) is 0 Å². The first-order chi connectivity index (χ1) is 13.4. The number of fused-ring (bicyclic) bond motifs is 1. The second-order valence-corrected chi connectivity index (χ2v) is 8.97. The Bertz CT molecular complexity index is 904. The Balaban J connectivity index is 1.59. The molecule has 6 nitrogen and oxygen atoms in total. The Kier molecular flexibility index (Phi) is 5.09. The first-order valence-corrected chi connectivity index (χ1v) is 10.3. The molecule has 3 heterocycles. The zero-order valence-corrected chi connectivity index (χ0v) is 17.0. The largest absolute Gasteiger partial charge is 0.375 e. The number of Topliss-reactive ketones (excluding diaryl/α,β-unsaturated/α-hetero) is 1. The molecule has 1 saturated heterocycles. The second kappa shape index (κ2) is 7.40. The van der Waals surface area contributed by atoms with E-state index in [2.05, 4.69) is 16.8 Å². The van der Waals surface area contributed by atoms with E-state index in [0.29, 0.717) is 22.8 Å². The van der Waals surface area contributed by atoms with Gasteiger partial charge in [0.1, 0.15) is 0 Å². The average molecular weight is 400 g/mol. The maximum absolute atomic E-state index is 13.3. The average Bonchev–Trinajstić information content (AvgIpc) is 3.20. The van der Waals surface area contributed by atoms with Crippen LogP contribution in [0.1, 0.15) is 26.5 Å². The fourth-order valence-corrected chi connectivity index (χ4v) is 4.72. The minimum absolute atomic E-state index is 0.204. The number of carbonyl (C=O) groups excluding carboxylic acids is 2. The molecule has 2 aromatic rings. The number of nitrogens with zero attached hydrogens (tertiary/aromatic N) is 3. The summed E-state index contributed by atoms with van der Waals surface area (Å²) < 4.78 is 0. The van der Waals surface area contributed by atoms with Gasteiger partial charge in [-0.3, -0.25) is 19.4 Å². The highest BCUT2D eigenvalue weighted by molar-refractivity contribution is 7.14. The number of likely N-dealkylation sites (N-methyl/N-ethyl adjacent to an activating group) is 1. The van der Waals surface area contributed by atoms with Crippen LogP contribution < -0.4 is 4.90 Å². The maximum Gasteiger partial charge on any atom is 0.265 e. The summed E-state index contributed by atoms with van der Waals surface area (Å²) >= 11 is 1.39. The van der Waals surface area contributed by atoms with Crippen molar-refractivity contribution in [3.05, 3.63) is 51.7 Å². The van der Waals surface area contributed by atoms with Gasteiger partial charge in [0.2, 0.25) is 0 Å². The number of ketones is 1. The summed E-state index contributed by atoms with van der Waals surface area (Å²) in [7, 11) is 2.09. The number of piperazine rings is 1. The predicted molar refractivity (Wildman–Crippen MR) is 110 cm³/mol. The molecule has 0 aliphatic carbocycles. The van der Waals surface area contributed by atoms with E-state index in [-0.39, 0.29) is 12.2 Å². The van der Waals surface area contributed by atoms with E-state index >= 15 is 0 Å².